The van der Waals surface area contributed by atoms with Gasteiger partial charge in [0.05, 0.1) is 5.92 Å². The van der Waals surface area contributed by atoms with Gasteiger partial charge in [-0.25, -0.2) is 4.98 Å². The zero-order valence-corrected chi connectivity index (χ0v) is 12.0. The SMILES string of the molecule is Cn1ccnc1CCC(Cc1ccc(Cl)cc1)C(=O)O. The highest BCUT2D eigenvalue weighted by Gasteiger charge is 2.18. The topological polar surface area (TPSA) is 55.1 Å². The standard InChI is InChI=1S/C15H17ClN2O2/c1-18-9-8-17-14(18)7-4-12(15(19)20)10-11-2-5-13(16)6-3-11/h2-3,5-6,8-9,12H,4,7,10H2,1H3,(H,19,20). The summed E-state index contributed by atoms with van der Waals surface area (Å²) in [6, 6.07) is 7.32. The van der Waals surface area contributed by atoms with Crippen molar-refractivity contribution in [3.05, 3.63) is 53.1 Å². The van der Waals surface area contributed by atoms with Gasteiger partial charge in [0.1, 0.15) is 5.82 Å². The zero-order valence-electron chi connectivity index (χ0n) is 11.3. The number of hydrogen-bond donors (Lipinski definition) is 1. The highest BCUT2D eigenvalue weighted by molar-refractivity contribution is 6.30. The van der Waals surface area contributed by atoms with Crippen molar-refractivity contribution in [1.29, 1.82) is 0 Å². The molecule has 1 aromatic carbocycles. The van der Waals surface area contributed by atoms with E-state index in [4.69, 9.17) is 11.6 Å². The average Bonchev–Trinajstić information content (AvgIpc) is 2.82. The molecule has 106 valence electrons. The number of rotatable bonds is 6. The third kappa shape index (κ3) is 3.84. The molecular weight excluding hydrogens is 276 g/mol. The molecule has 1 aromatic heterocycles. The van der Waals surface area contributed by atoms with E-state index in [9.17, 15) is 9.90 Å². The smallest absolute Gasteiger partial charge is 0.306 e. The number of aromatic nitrogens is 2. The van der Waals surface area contributed by atoms with Gasteiger partial charge >= 0.3 is 5.97 Å². The maximum Gasteiger partial charge on any atom is 0.306 e. The van der Waals surface area contributed by atoms with E-state index in [0.29, 0.717) is 24.3 Å². The second-order valence-corrected chi connectivity index (χ2v) is 5.30. The molecule has 0 radical (unpaired) electrons. The first kappa shape index (κ1) is 14.6. The number of carboxylic acid groups (broad SMARTS) is 1. The number of carbonyl (C=O) groups is 1. The summed E-state index contributed by atoms with van der Waals surface area (Å²) in [5.41, 5.74) is 0.988. The number of aryl methyl sites for hydroxylation is 2. The summed E-state index contributed by atoms with van der Waals surface area (Å²) in [6.07, 6.45) is 5.34. The zero-order chi connectivity index (χ0) is 14.5. The van der Waals surface area contributed by atoms with Crippen molar-refractivity contribution in [2.75, 3.05) is 0 Å². The molecule has 1 atom stereocenters. The van der Waals surface area contributed by atoms with Gasteiger partial charge in [0, 0.05) is 30.9 Å². The third-order valence-corrected chi connectivity index (χ3v) is 3.63. The largest absolute Gasteiger partial charge is 0.481 e. The van der Waals surface area contributed by atoms with Crippen LogP contribution in [-0.4, -0.2) is 20.6 Å². The second-order valence-electron chi connectivity index (χ2n) is 4.86. The molecular formula is C15H17ClN2O2. The fourth-order valence-electron chi connectivity index (χ4n) is 2.16. The van der Waals surface area contributed by atoms with Crippen LogP contribution in [0.5, 0.6) is 0 Å². The van der Waals surface area contributed by atoms with Crippen molar-refractivity contribution in [3.8, 4) is 0 Å². The number of hydrogen-bond acceptors (Lipinski definition) is 2. The molecule has 0 aliphatic heterocycles. The lowest BCUT2D eigenvalue weighted by atomic mass is 9.95. The quantitative estimate of drug-likeness (QED) is 0.890. The van der Waals surface area contributed by atoms with Crippen molar-refractivity contribution in [2.45, 2.75) is 19.3 Å². The summed E-state index contributed by atoms with van der Waals surface area (Å²) in [4.78, 5) is 15.6. The number of carboxylic acids is 1. The Morgan fingerprint density at radius 2 is 2.10 bits per heavy atom. The molecule has 0 saturated heterocycles. The summed E-state index contributed by atoms with van der Waals surface area (Å²) in [6.45, 7) is 0. The molecule has 0 bridgehead atoms. The minimum Gasteiger partial charge on any atom is -0.481 e. The van der Waals surface area contributed by atoms with E-state index in [1.54, 1.807) is 18.3 Å². The Kier molecular flexibility index (Phi) is 4.79. The summed E-state index contributed by atoms with van der Waals surface area (Å²) in [5.74, 6) is -0.269. The van der Waals surface area contributed by atoms with Crippen molar-refractivity contribution in [3.63, 3.8) is 0 Å². The van der Waals surface area contributed by atoms with E-state index < -0.39 is 11.9 Å². The fourth-order valence-corrected chi connectivity index (χ4v) is 2.28. The highest BCUT2D eigenvalue weighted by atomic mass is 35.5. The number of aliphatic carboxylic acids is 1. The molecule has 1 unspecified atom stereocenters. The minimum absolute atomic E-state index is 0.409. The predicted octanol–water partition coefficient (Wildman–Crippen LogP) is 2.95. The van der Waals surface area contributed by atoms with Crippen LogP contribution in [0.3, 0.4) is 0 Å². The lowest BCUT2D eigenvalue weighted by molar-refractivity contribution is -0.141. The summed E-state index contributed by atoms with van der Waals surface area (Å²) in [7, 11) is 1.91. The van der Waals surface area contributed by atoms with Gasteiger partial charge in [0.2, 0.25) is 0 Å². The first-order valence-corrected chi connectivity index (χ1v) is 6.87. The Morgan fingerprint density at radius 1 is 1.40 bits per heavy atom. The predicted molar refractivity (Wildman–Crippen MR) is 77.8 cm³/mol. The van der Waals surface area contributed by atoms with Crippen LogP contribution < -0.4 is 0 Å². The minimum atomic E-state index is -0.769. The number of nitrogens with zero attached hydrogens (tertiary/aromatic N) is 2. The number of benzene rings is 1. The van der Waals surface area contributed by atoms with Gasteiger partial charge in [-0.2, -0.15) is 0 Å². The van der Waals surface area contributed by atoms with E-state index in [1.807, 2.05) is 29.9 Å². The first-order valence-electron chi connectivity index (χ1n) is 6.49. The highest BCUT2D eigenvalue weighted by Crippen LogP contribution is 2.17. The molecule has 0 saturated carbocycles. The van der Waals surface area contributed by atoms with Crippen molar-refractivity contribution < 1.29 is 9.90 Å². The third-order valence-electron chi connectivity index (χ3n) is 3.38. The van der Waals surface area contributed by atoms with E-state index in [2.05, 4.69) is 4.98 Å². The summed E-state index contributed by atoms with van der Waals surface area (Å²) in [5, 5.41) is 9.99. The monoisotopic (exact) mass is 292 g/mol. The van der Waals surface area contributed by atoms with Gasteiger partial charge in [0.15, 0.2) is 0 Å². The first-order chi connectivity index (χ1) is 9.56. The molecule has 0 aliphatic carbocycles. The van der Waals surface area contributed by atoms with Gasteiger partial charge in [-0.3, -0.25) is 4.79 Å². The molecule has 1 heterocycles. The normalized spacial score (nSPS) is 12.3. The van der Waals surface area contributed by atoms with Crippen molar-refractivity contribution in [2.24, 2.45) is 13.0 Å². The van der Waals surface area contributed by atoms with Crippen LogP contribution in [0, 0.1) is 5.92 Å². The maximum atomic E-state index is 11.4. The Balaban J connectivity index is 1.99. The molecule has 0 aliphatic rings. The van der Waals surface area contributed by atoms with Gasteiger partial charge < -0.3 is 9.67 Å². The van der Waals surface area contributed by atoms with Crippen LogP contribution in [0.4, 0.5) is 0 Å². The second kappa shape index (κ2) is 6.57. The van der Waals surface area contributed by atoms with Gasteiger partial charge in [-0.15, -0.1) is 0 Å². The number of imidazole rings is 1. The van der Waals surface area contributed by atoms with Crippen molar-refractivity contribution in [1.82, 2.24) is 9.55 Å². The molecule has 5 heteroatoms. The maximum absolute atomic E-state index is 11.4. The van der Waals surface area contributed by atoms with Crippen molar-refractivity contribution >= 4 is 17.6 Å². The average molecular weight is 293 g/mol. The van der Waals surface area contributed by atoms with Gasteiger partial charge in [-0.05, 0) is 30.5 Å². The molecule has 2 rings (SSSR count). The van der Waals surface area contributed by atoms with Crippen LogP contribution in [0.25, 0.3) is 0 Å². The fraction of sp³-hybridized carbons (Fsp3) is 0.333. The van der Waals surface area contributed by atoms with Crippen LogP contribution >= 0.6 is 11.6 Å². The van der Waals surface area contributed by atoms with Gasteiger partial charge in [-0.1, -0.05) is 23.7 Å². The van der Waals surface area contributed by atoms with E-state index in [0.717, 1.165) is 11.4 Å². The van der Waals surface area contributed by atoms with E-state index in [-0.39, 0.29) is 0 Å². The van der Waals surface area contributed by atoms with Crippen LogP contribution in [0.2, 0.25) is 5.02 Å². The number of halogens is 1. The Morgan fingerprint density at radius 3 is 2.65 bits per heavy atom. The molecule has 2 aromatic rings. The Bertz CT molecular complexity index is 578. The van der Waals surface area contributed by atoms with Gasteiger partial charge in [0.25, 0.3) is 0 Å². The molecule has 0 spiro atoms. The van der Waals surface area contributed by atoms with Crippen LogP contribution in [0.1, 0.15) is 17.8 Å². The lowest BCUT2D eigenvalue weighted by Gasteiger charge is -2.12. The Labute approximate surface area is 123 Å². The van der Waals surface area contributed by atoms with E-state index >= 15 is 0 Å². The van der Waals surface area contributed by atoms with Crippen LogP contribution in [-0.2, 0) is 24.7 Å². The molecule has 0 fully saturated rings. The molecule has 0 amide bonds. The summed E-state index contributed by atoms with van der Waals surface area (Å²) >= 11 is 5.83. The summed E-state index contributed by atoms with van der Waals surface area (Å²) < 4.78 is 1.92. The molecule has 1 N–H and O–H groups in total. The Hall–Kier alpha value is -1.81. The lowest BCUT2D eigenvalue weighted by Crippen LogP contribution is -2.18. The van der Waals surface area contributed by atoms with E-state index in [1.165, 1.54) is 0 Å². The molecule has 20 heavy (non-hydrogen) atoms. The molecule has 4 nitrogen and oxygen atoms in total. The van der Waals surface area contributed by atoms with Crippen LogP contribution in [0.15, 0.2) is 36.7 Å².